The zero-order chi connectivity index (χ0) is 12.8. The Labute approximate surface area is 104 Å². The molecule has 6 heteroatoms. The van der Waals surface area contributed by atoms with Crippen LogP contribution in [-0.2, 0) is 9.59 Å². The van der Waals surface area contributed by atoms with E-state index in [1.165, 1.54) is 0 Å². The Morgan fingerprint density at radius 3 is 2.65 bits per heavy atom. The highest BCUT2D eigenvalue weighted by Crippen LogP contribution is 2.20. The summed E-state index contributed by atoms with van der Waals surface area (Å²) in [6.45, 7) is -0.143. The number of nitrogens with two attached hydrogens (primary N) is 2. The molecule has 1 atom stereocenters. The predicted molar refractivity (Wildman–Crippen MR) is 65.2 cm³/mol. The van der Waals surface area contributed by atoms with Crippen molar-refractivity contribution < 1.29 is 9.59 Å². The van der Waals surface area contributed by atoms with Gasteiger partial charge in [-0.05, 0) is 17.7 Å². The molecule has 2 amide bonds. The Hall–Kier alpha value is -1.59. The maximum Gasteiger partial charge on any atom is 0.234 e. The number of halogens is 1. The van der Waals surface area contributed by atoms with Crippen LogP contribution in [0.4, 0.5) is 0 Å². The molecule has 0 aliphatic heterocycles. The van der Waals surface area contributed by atoms with E-state index in [9.17, 15) is 9.59 Å². The first-order valence-corrected chi connectivity index (χ1v) is 5.44. The molecule has 0 spiro atoms. The number of benzene rings is 1. The van der Waals surface area contributed by atoms with Crippen LogP contribution in [0.1, 0.15) is 18.0 Å². The molecular formula is C11H14ClN3O2. The minimum atomic E-state index is -0.507. The molecule has 1 aromatic rings. The van der Waals surface area contributed by atoms with Crippen LogP contribution >= 0.6 is 11.6 Å². The molecule has 0 saturated carbocycles. The van der Waals surface area contributed by atoms with E-state index in [1.54, 1.807) is 24.3 Å². The van der Waals surface area contributed by atoms with E-state index in [1.807, 2.05) is 0 Å². The molecule has 0 aliphatic carbocycles. The number of hydrogen-bond donors (Lipinski definition) is 3. The molecule has 1 rings (SSSR count). The van der Waals surface area contributed by atoms with E-state index in [-0.39, 0.29) is 18.9 Å². The summed E-state index contributed by atoms with van der Waals surface area (Å²) in [5.41, 5.74) is 11.1. The Bertz CT molecular complexity index is 423. The molecule has 0 heterocycles. The van der Waals surface area contributed by atoms with E-state index >= 15 is 0 Å². The van der Waals surface area contributed by atoms with Crippen LogP contribution in [0, 0.1) is 0 Å². The van der Waals surface area contributed by atoms with E-state index in [2.05, 4.69) is 5.32 Å². The molecule has 5 nitrogen and oxygen atoms in total. The SMILES string of the molecule is NCC(=O)N[C@H](CC(N)=O)c1cccc(Cl)c1. The standard InChI is InChI=1S/C11H14ClN3O2/c12-8-3-1-2-7(4-8)9(5-10(14)16)15-11(17)6-13/h1-4,9H,5-6,13H2,(H2,14,16)(H,15,17)/t9-/m1/s1. The molecule has 1 aromatic carbocycles. The summed E-state index contributed by atoms with van der Waals surface area (Å²) in [5, 5.41) is 3.14. The van der Waals surface area contributed by atoms with Gasteiger partial charge >= 0.3 is 0 Å². The highest BCUT2D eigenvalue weighted by molar-refractivity contribution is 6.30. The van der Waals surface area contributed by atoms with Crippen molar-refractivity contribution in [2.45, 2.75) is 12.5 Å². The molecule has 92 valence electrons. The summed E-state index contributed by atoms with van der Waals surface area (Å²) in [6, 6.07) is 6.38. The zero-order valence-electron chi connectivity index (χ0n) is 9.15. The van der Waals surface area contributed by atoms with E-state index in [4.69, 9.17) is 23.1 Å². The molecule has 0 aliphatic rings. The number of primary amides is 1. The van der Waals surface area contributed by atoms with Crippen molar-refractivity contribution >= 4 is 23.4 Å². The fourth-order valence-electron chi connectivity index (χ4n) is 1.43. The van der Waals surface area contributed by atoms with Gasteiger partial charge in [0.05, 0.1) is 19.0 Å². The zero-order valence-corrected chi connectivity index (χ0v) is 9.91. The highest BCUT2D eigenvalue weighted by atomic mass is 35.5. The molecule has 17 heavy (non-hydrogen) atoms. The van der Waals surface area contributed by atoms with Crippen LogP contribution in [-0.4, -0.2) is 18.4 Å². The molecule has 0 bridgehead atoms. The number of nitrogens with one attached hydrogen (secondary N) is 1. The lowest BCUT2D eigenvalue weighted by molar-refractivity contribution is -0.121. The molecule has 0 unspecified atom stereocenters. The first-order chi connectivity index (χ1) is 8.02. The van der Waals surface area contributed by atoms with Gasteiger partial charge in [0.25, 0.3) is 0 Å². The molecule has 0 saturated heterocycles. The summed E-state index contributed by atoms with van der Waals surface area (Å²) in [5.74, 6) is -0.858. The molecular weight excluding hydrogens is 242 g/mol. The Morgan fingerprint density at radius 2 is 2.12 bits per heavy atom. The van der Waals surface area contributed by atoms with Crippen molar-refractivity contribution in [3.05, 3.63) is 34.9 Å². The number of carbonyl (C=O) groups excluding carboxylic acids is 2. The fraction of sp³-hybridized carbons (Fsp3) is 0.273. The minimum absolute atomic E-state index is 0.00603. The minimum Gasteiger partial charge on any atom is -0.370 e. The number of amides is 2. The van der Waals surface area contributed by atoms with Crippen LogP contribution in [0.3, 0.4) is 0 Å². The number of carbonyl (C=O) groups is 2. The van der Waals surface area contributed by atoms with Crippen molar-refractivity contribution in [2.75, 3.05) is 6.54 Å². The van der Waals surface area contributed by atoms with Gasteiger partial charge in [0.15, 0.2) is 0 Å². The van der Waals surface area contributed by atoms with E-state index in [0.29, 0.717) is 5.02 Å². The van der Waals surface area contributed by atoms with E-state index in [0.717, 1.165) is 5.56 Å². The summed E-state index contributed by atoms with van der Waals surface area (Å²) in [4.78, 5) is 22.2. The normalized spacial score (nSPS) is 11.9. The Kier molecular flexibility index (Phi) is 4.93. The summed E-state index contributed by atoms with van der Waals surface area (Å²) >= 11 is 5.84. The monoisotopic (exact) mass is 255 g/mol. The second-order valence-electron chi connectivity index (χ2n) is 3.55. The lowest BCUT2D eigenvalue weighted by Crippen LogP contribution is -2.35. The topological polar surface area (TPSA) is 98.2 Å². The highest BCUT2D eigenvalue weighted by Gasteiger charge is 2.16. The van der Waals surface area contributed by atoms with Crippen LogP contribution in [0.2, 0.25) is 5.02 Å². The maximum absolute atomic E-state index is 11.2. The summed E-state index contributed by atoms with van der Waals surface area (Å²) in [6.07, 6.45) is 0.00603. The van der Waals surface area contributed by atoms with Gasteiger partial charge in [-0.2, -0.15) is 0 Å². The average Bonchev–Trinajstić information content (AvgIpc) is 2.27. The largest absolute Gasteiger partial charge is 0.370 e. The third kappa shape index (κ3) is 4.42. The Morgan fingerprint density at radius 1 is 1.41 bits per heavy atom. The van der Waals surface area contributed by atoms with Gasteiger partial charge in [0.1, 0.15) is 0 Å². The Balaban J connectivity index is 2.89. The van der Waals surface area contributed by atoms with Gasteiger partial charge in [-0.1, -0.05) is 23.7 Å². The second-order valence-corrected chi connectivity index (χ2v) is 3.99. The number of hydrogen-bond acceptors (Lipinski definition) is 3. The molecule has 0 aromatic heterocycles. The van der Waals surface area contributed by atoms with Crippen LogP contribution in [0.25, 0.3) is 0 Å². The molecule has 5 N–H and O–H groups in total. The first kappa shape index (κ1) is 13.5. The quantitative estimate of drug-likeness (QED) is 0.707. The van der Waals surface area contributed by atoms with Gasteiger partial charge in [0, 0.05) is 5.02 Å². The fourth-order valence-corrected chi connectivity index (χ4v) is 1.63. The van der Waals surface area contributed by atoms with Gasteiger partial charge in [-0.3, -0.25) is 9.59 Å². The van der Waals surface area contributed by atoms with Crippen LogP contribution in [0.15, 0.2) is 24.3 Å². The summed E-state index contributed by atoms with van der Waals surface area (Å²) in [7, 11) is 0. The summed E-state index contributed by atoms with van der Waals surface area (Å²) < 4.78 is 0. The van der Waals surface area contributed by atoms with Crippen molar-refractivity contribution in [2.24, 2.45) is 11.5 Å². The van der Waals surface area contributed by atoms with Crippen molar-refractivity contribution in [1.29, 1.82) is 0 Å². The predicted octanol–water partition coefficient (Wildman–Crippen LogP) is 0.331. The van der Waals surface area contributed by atoms with Crippen LogP contribution < -0.4 is 16.8 Å². The van der Waals surface area contributed by atoms with Crippen molar-refractivity contribution in [3.63, 3.8) is 0 Å². The average molecular weight is 256 g/mol. The van der Waals surface area contributed by atoms with E-state index < -0.39 is 11.9 Å². The number of rotatable bonds is 5. The van der Waals surface area contributed by atoms with Crippen LogP contribution in [0.5, 0.6) is 0 Å². The van der Waals surface area contributed by atoms with Gasteiger partial charge in [0.2, 0.25) is 11.8 Å². The van der Waals surface area contributed by atoms with Gasteiger partial charge in [-0.15, -0.1) is 0 Å². The third-order valence-electron chi connectivity index (χ3n) is 2.18. The smallest absolute Gasteiger partial charge is 0.234 e. The lowest BCUT2D eigenvalue weighted by atomic mass is 10.0. The third-order valence-corrected chi connectivity index (χ3v) is 2.41. The first-order valence-electron chi connectivity index (χ1n) is 5.06. The molecule has 0 fully saturated rings. The van der Waals surface area contributed by atoms with Crippen molar-refractivity contribution in [1.82, 2.24) is 5.32 Å². The molecule has 0 radical (unpaired) electrons. The van der Waals surface area contributed by atoms with Gasteiger partial charge < -0.3 is 16.8 Å². The second kappa shape index (κ2) is 6.22. The van der Waals surface area contributed by atoms with Crippen molar-refractivity contribution in [3.8, 4) is 0 Å². The maximum atomic E-state index is 11.2. The lowest BCUT2D eigenvalue weighted by Gasteiger charge is -2.17. The van der Waals surface area contributed by atoms with Gasteiger partial charge in [-0.25, -0.2) is 0 Å².